The van der Waals surface area contributed by atoms with Crippen LogP contribution in [0.15, 0.2) is 10.3 Å². The van der Waals surface area contributed by atoms with Crippen molar-refractivity contribution < 1.29 is 0 Å². The van der Waals surface area contributed by atoms with E-state index in [1.807, 2.05) is 7.05 Å². The summed E-state index contributed by atoms with van der Waals surface area (Å²) in [6.07, 6.45) is 7.92. The van der Waals surface area contributed by atoms with Gasteiger partial charge in [0.1, 0.15) is 0 Å². The standard InChI is InChI=1S/C20H39N5O/c1-5-22-23-19(16(2)15-25(4)13-12-21-3)17-8-9-18(24-26)20(14-17)10-6-7-11-20/h16-18,21-22H,5-15H2,1-4H3/b23-19+/t16?,17-,18?/m1/s1. The van der Waals surface area contributed by atoms with Gasteiger partial charge in [0.05, 0.1) is 6.04 Å². The van der Waals surface area contributed by atoms with E-state index >= 15 is 0 Å². The monoisotopic (exact) mass is 365 g/mol. The van der Waals surface area contributed by atoms with Crippen molar-refractivity contribution in [3.63, 3.8) is 0 Å². The molecule has 6 nitrogen and oxygen atoms in total. The molecule has 0 aliphatic heterocycles. The van der Waals surface area contributed by atoms with Crippen LogP contribution in [0.5, 0.6) is 0 Å². The Morgan fingerprint density at radius 3 is 2.65 bits per heavy atom. The van der Waals surface area contributed by atoms with Crippen molar-refractivity contribution >= 4 is 5.71 Å². The first-order chi connectivity index (χ1) is 12.6. The van der Waals surface area contributed by atoms with Gasteiger partial charge in [-0.3, -0.25) is 0 Å². The van der Waals surface area contributed by atoms with Gasteiger partial charge in [-0.15, -0.1) is 0 Å². The summed E-state index contributed by atoms with van der Waals surface area (Å²) >= 11 is 0. The third kappa shape index (κ3) is 5.26. The van der Waals surface area contributed by atoms with Gasteiger partial charge in [0, 0.05) is 43.7 Å². The number of rotatable bonds is 10. The maximum absolute atomic E-state index is 11.4. The van der Waals surface area contributed by atoms with E-state index in [9.17, 15) is 4.91 Å². The molecule has 26 heavy (non-hydrogen) atoms. The lowest BCUT2D eigenvalue weighted by Crippen LogP contribution is -2.43. The Bertz CT molecular complexity index is 461. The molecular formula is C20H39N5O. The molecule has 0 saturated heterocycles. The highest BCUT2D eigenvalue weighted by molar-refractivity contribution is 5.89. The number of hydrazone groups is 1. The molecule has 0 aromatic carbocycles. The summed E-state index contributed by atoms with van der Waals surface area (Å²) in [7, 11) is 4.18. The average molecular weight is 366 g/mol. The summed E-state index contributed by atoms with van der Waals surface area (Å²) in [6, 6.07) is 0.0234. The third-order valence-corrected chi connectivity index (χ3v) is 6.49. The summed E-state index contributed by atoms with van der Waals surface area (Å²) in [5.74, 6) is 0.901. The molecule has 0 bridgehead atoms. The van der Waals surface area contributed by atoms with E-state index in [0.29, 0.717) is 11.8 Å². The maximum Gasteiger partial charge on any atom is 0.0976 e. The Hall–Kier alpha value is -1.01. The molecule has 0 heterocycles. The van der Waals surface area contributed by atoms with Gasteiger partial charge < -0.3 is 15.6 Å². The van der Waals surface area contributed by atoms with E-state index in [2.05, 4.69) is 41.7 Å². The molecule has 0 aromatic heterocycles. The first-order valence-electron chi connectivity index (χ1n) is 10.5. The lowest BCUT2D eigenvalue weighted by Gasteiger charge is -2.42. The minimum absolute atomic E-state index is 0.0234. The van der Waals surface area contributed by atoms with Crippen LogP contribution in [0.4, 0.5) is 0 Å². The normalized spacial score (nSPS) is 27.0. The maximum atomic E-state index is 11.4. The second-order valence-electron chi connectivity index (χ2n) is 8.48. The van der Waals surface area contributed by atoms with Crippen molar-refractivity contribution in [2.45, 2.75) is 64.8 Å². The van der Waals surface area contributed by atoms with Crippen molar-refractivity contribution in [1.29, 1.82) is 0 Å². The van der Waals surface area contributed by atoms with Crippen LogP contribution < -0.4 is 10.7 Å². The zero-order valence-electron chi connectivity index (χ0n) is 17.3. The lowest BCUT2D eigenvalue weighted by atomic mass is 9.63. The van der Waals surface area contributed by atoms with E-state index in [1.165, 1.54) is 31.4 Å². The largest absolute Gasteiger partial charge is 0.318 e. The van der Waals surface area contributed by atoms with Gasteiger partial charge in [-0.1, -0.05) is 24.9 Å². The van der Waals surface area contributed by atoms with Gasteiger partial charge in [-0.2, -0.15) is 10.0 Å². The molecular weight excluding hydrogens is 326 g/mol. The SMILES string of the molecule is CCN/N=C(\C(C)CN(C)CCNC)[C@@H]1CCC(N=O)C2(CCCC2)C1. The van der Waals surface area contributed by atoms with Gasteiger partial charge in [-0.25, -0.2) is 0 Å². The van der Waals surface area contributed by atoms with E-state index in [-0.39, 0.29) is 11.5 Å². The van der Waals surface area contributed by atoms with E-state index in [1.54, 1.807) is 0 Å². The van der Waals surface area contributed by atoms with Crippen LogP contribution in [0.3, 0.4) is 0 Å². The molecule has 0 aromatic rings. The summed E-state index contributed by atoms with van der Waals surface area (Å²) in [4.78, 5) is 13.8. The quantitative estimate of drug-likeness (QED) is 0.354. The van der Waals surface area contributed by atoms with E-state index in [4.69, 9.17) is 5.10 Å². The Balaban J connectivity index is 2.09. The van der Waals surface area contributed by atoms with Gasteiger partial charge in [0.25, 0.3) is 0 Å². The minimum Gasteiger partial charge on any atom is -0.318 e. The smallest absolute Gasteiger partial charge is 0.0976 e. The predicted molar refractivity (Wildman–Crippen MR) is 110 cm³/mol. The Morgan fingerprint density at radius 1 is 1.31 bits per heavy atom. The number of nitroso groups, excluding NO2 is 1. The molecule has 0 amide bonds. The van der Waals surface area contributed by atoms with Crippen LogP contribution in [0.25, 0.3) is 0 Å². The Labute approximate surface area is 159 Å². The summed E-state index contributed by atoms with van der Waals surface area (Å²) in [6.45, 7) is 8.31. The van der Waals surface area contributed by atoms with E-state index in [0.717, 1.165) is 45.4 Å². The first-order valence-corrected chi connectivity index (χ1v) is 10.5. The summed E-state index contributed by atoms with van der Waals surface area (Å²) in [5, 5.41) is 11.6. The van der Waals surface area contributed by atoms with Gasteiger partial charge in [-0.05, 0) is 58.5 Å². The summed E-state index contributed by atoms with van der Waals surface area (Å²) < 4.78 is 0. The minimum atomic E-state index is 0.0234. The van der Waals surface area contributed by atoms with Crippen molar-refractivity contribution in [1.82, 2.24) is 15.6 Å². The fourth-order valence-corrected chi connectivity index (χ4v) is 5.16. The van der Waals surface area contributed by atoms with Crippen LogP contribution >= 0.6 is 0 Å². The van der Waals surface area contributed by atoms with Crippen LogP contribution in [-0.2, 0) is 0 Å². The molecule has 0 radical (unpaired) electrons. The first kappa shape index (κ1) is 21.3. The van der Waals surface area contributed by atoms with Crippen LogP contribution in [0.1, 0.15) is 58.8 Å². The molecule has 3 atom stereocenters. The number of hydrogen-bond donors (Lipinski definition) is 2. The molecule has 2 saturated carbocycles. The highest BCUT2D eigenvalue weighted by Gasteiger charge is 2.48. The molecule has 2 unspecified atom stereocenters. The molecule has 1 spiro atoms. The van der Waals surface area contributed by atoms with Crippen LogP contribution in [0, 0.1) is 22.2 Å². The van der Waals surface area contributed by atoms with Crippen LogP contribution in [-0.4, -0.2) is 56.9 Å². The van der Waals surface area contributed by atoms with Crippen molar-refractivity contribution in [3.05, 3.63) is 4.91 Å². The average Bonchev–Trinajstić information content (AvgIpc) is 3.09. The highest BCUT2D eigenvalue weighted by Crippen LogP contribution is 2.52. The van der Waals surface area contributed by atoms with Gasteiger partial charge in [0.15, 0.2) is 0 Å². The fourth-order valence-electron chi connectivity index (χ4n) is 5.16. The molecule has 150 valence electrons. The zero-order valence-corrected chi connectivity index (χ0v) is 17.3. The summed E-state index contributed by atoms with van der Waals surface area (Å²) in [5.41, 5.74) is 4.67. The fraction of sp³-hybridized carbons (Fsp3) is 0.950. The van der Waals surface area contributed by atoms with Crippen LogP contribution in [0.2, 0.25) is 0 Å². The van der Waals surface area contributed by atoms with Gasteiger partial charge >= 0.3 is 0 Å². The Kier molecular flexibility index (Phi) is 8.48. The molecule has 2 fully saturated rings. The van der Waals surface area contributed by atoms with Gasteiger partial charge in [0.2, 0.25) is 0 Å². The molecule has 6 heteroatoms. The number of nitrogens with one attached hydrogen (secondary N) is 2. The number of hydrogen-bond acceptors (Lipinski definition) is 6. The molecule has 2 rings (SSSR count). The molecule has 2 N–H and O–H groups in total. The predicted octanol–water partition coefficient (Wildman–Crippen LogP) is 3.23. The van der Waals surface area contributed by atoms with Crippen molar-refractivity contribution in [3.8, 4) is 0 Å². The third-order valence-electron chi connectivity index (χ3n) is 6.49. The molecule has 2 aliphatic carbocycles. The zero-order chi connectivity index (χ0) is 19.0. The Morgan fingerprint density at radius 2 is 2.04 bits per heavy atom. The lowest BCUT2D eigenvalue weighted by molar-refractivity contribution is 0.136. The highest BCUT2D eigenvalue weighted by atomic mass is 16.3. The van der Waals surface area contributed by atoms with Crippen molar-refractivity contribution in [2.75, 3.05) is 40.3 Å². The second-order valence-corrected chi connectivity index (χ2v) is 8.48. The molecule has 2 aliphatic rings. The topological polar surface area (TPSA) is 69.1 Å². The van der Waals surface area contributed by atoms with E-state index < -0.39 is 0 Å². The second kappa shape index (κ2) is 10.4. The number of likely N-dealkylation sites (N-methyl/N-ethyl adjacent to an activating group) is 2. The number of nitrogens with zero attached hydrogens (tertiary/aromatic N) is 3. The van der Waals surface area contributed by atoms with Crippen molar-refractivity contribution in [2.24, 2.45) is 27.5 Å².